The standard InChI is InChI=1S/C13H20N2O2/c1-2-3-8-15-12(16)7-6-10(14)13(15)11-5-4-9-17-11/h4-5,9-10,13H,2-3,6-8,14H2,1H3. The molecule has 2 rings (SSSR count). The van der Waals surface area contributed by atoms with E-state index in [0.717, 1.165) is 31.6 Å². The third kappa shape index (κ3) is 2.52. The molecule has 0 bridgehead atoms. The molecule has 0 aromatic carbocycles. The van der Waals surface area contributed by atoms with E-state index in [0.29, 0.717) is 6.42 Å². The van der Waals surface area contributed by atoms with Gasteiger partial charge in [-0.25, -0.2) is 0 Å². The van der Waals surface area contributed by atoms with Crippen LogP contribution >= 0.6 is 0 Å². The number of carbonyl (C=O) groups excluding carboxylic acids is 1. The van der Waals surface area contributed by atoms with Crippen molar-refractivity contribution >= 4 is 5.91 Å². The molecule has 4 heteroatoms. The number of rotatable bonds is 4. The molecule has 2 N–H and O–H groups in total. The van der Waals surface area contributed by atoms with E-state index in [4.69, 9.17) is 10.2 Å². The minimum atomic E-state index is -0.0854. The van der Waals surface area contributed by atoms with Gasteiger partial charge in [-0.3, -0.25) is 4.79 Å². The lowest BCUT2D eigenvalue weighted by molar-refractivity contribution is -0.138. The Bertz CT molecular complexity index is 362. The Morgan fingerprint density at radius 3 is 3.06 bits per heavy atom. The zero-order valence-electron chi connectivity index (χ0n) is 10.3. The molecule has 2 unspecified atom stereocenters. The van der Waals surface area contributed by atoms with Gasteiger partial charge in [0.05, 0.1) is 6.26 Å². The van der Waals surface area contributed by atoms with Gasteiger partial charge in [-0.15, -0.1) is 0 Å². The van der Waals surface area contributed by atoms with Crippen LogP contribution < -0.4 is 5.73 Å². The quantitative estimate of drug-likeness (QED) is 0.870. The van der Waals surface area contributed by atoms with Gasteiger partial charge in [0, 0.05) is 19.0 Å². The lowest BCUT2D eigenvalue weighted by atomic mass is 9.94. The van der Waals surface area contributed by atoms with Crippen LogP contribution in [0.15, 0.2) is 22.8 Å². The number of hydrogen-bond acceptors (Lipinski definition) is 3. The van der Waals surface area contributed by atoms with Crippen molar-refractivity contribution in [1.29, 1.82) is 0 Å². The van der Waals surface area contributed by atoms with Crippen LogP contribution in [0.1, 0.15) is 44.4 Å². The largest absolute Gasteiger partial charge is 0.467 e. The summed E-state index contributed by atoms with van der Waals surface area (Å²) in [6.07, 6.45) is 5.02. The van der Waals surface area contributed by atoms with Crippen molar-refractivity contribution in [3.05, 3.63) is 24.2 Å². The smallest absolute Gasteiger partial charge is 0.223 e. The van der Waals surface area contributed by atoms with Gasteiger partial charge in [-0.2, -0.15) is 0 Å². The first-order valence-electron chi connectivity index (χ1n) is 6.32. The third-order valence-electron chi connectivity index (χ3n) is 3.34. The molecule has 1 aromatic heterocycles. The van der Waals surface area contributed by atoms with Crippen molar-refractivity contribution in [1.82, 2.24) is 4.90 Å². The van der Waals surface area contributed by atoms with E-state index in [1.54, 1.807) is 6.26 Å². The molecule has 1 aromatic rings. The number of carbonyl (C=O) groups is 1. The first-order valence-corrected chi connectivity index (χ1v) is 6.32. The number of piperidine rings is 1. The second-order valence-electron chi connectivity index (χ2n) is 4.60. The topological polar surface area (TPSA) is 59.5 Å². The molecule has 2 atom stereocenters. The minimum Gasteiger partial charge on any atom is -0.467 e. The van der Waals surface area contributed by atoms with Gasteiger partial charge < -0.3 is 15.1 Å². The lowest BCUT2D eigenvalue weighted by Gasteiger charge is -2.38. The van der Waals surface area contributed by atoms with Crippen LogP contribution in [-0.2, 0) is 4.79 Å². The Balaban J connectivity index is 2.19. The highest BCUT2D eigenvalue weighted by Gasteiger charge is 2.35. The van der Waals surface area contributed by atoms with Gasteiger partial charge in [0.1, 0.15) is 11.8 Å². The van der Waals surface area contributed by atoms with Crippen LogP contribution in [0, 0.1) is 0 Å². The summed E-state index contributed by atoms with van der Waals surface area (Å²) in [5, 5.41) is 0. The molecule has 4 nitrogen and oxygen atoms in total. The maximum Gasteiger partial charge on any atom is 0.223 e. The molecule has 1 amide bonds. The molecule has 0 aliphatic carbocycles. The first kappa shape index (κ1) is 12.2. The minimum absolute atomic E-state index is 0.0179. The number of nitrogens with zero attached hydrogens (tertiary/aromatic N) is 1. The van der Waals surface area contributed by atoms with Gasteiger partial charge in [0.15, 0.2) is 0 Å². The summed E-state index contributed by atoms with van der Waals surface area (Å²) in [5.74, 6) is 1.00. The summed E-state index contributed by atoms with van der Waals surface area (Å²) in [6.45, 7) is 2.89. The first-order chi connectivity index (χ1) is 8.24. The van der Waals surface area contributed by atoms with E-state index < -0.39 is 0 Å². The second kappa shape index (κ2) is 5.36. The molecule has 0 radical (unpaired) electrons. The van der Waals surface area contributed by atoms with E-state index in [1.807, 2.05) is 17.0 Å². The molecule has 1 aliphatic rings. The number of unbranched alkanes of at least 4 members (excludes halogenated alkanes) is 1. The average molecular weight is 236 g/mol. The molecule has 1 saturated heterocycles. The number of nitrogens with two attached hydrogens (primary N) is 1. The van der Waals surface area contributed by atoms with Crippen molar-refractivity contribution in [2.75, 3.05) is 6.54 Å². The van der Waals surface area contributed by atoms with Crippen molar-refractivity contribution in [2.24, 2.45) is 5.73 Å². The number of hydrogen-bond donors (Lipinski definition) is 1. The van der Waals surface area contributed by atoms with Crippen molar-refractivity contribution in [3.63, 3.8) is 0 Å². The molecule has 17 heavy (non-hydrogen) atoms. The Labute approximate surface area is 102 Å². The van der Waals surface area contributed by atoms with E-state index in [9.17, 15) is 4.79 Å². The van der Waals surface area contributed by atoms with Crippen LogP contribution in [0.3, 0.4) is 0 Å². The monoisotopic (exact) mass is 236 g/mol. The molecular formula is C13H20N2O2. The van der Waals surface area contributed by atoms with E-state index in [2.05, 4.69) is 6.92 Å². The van der Waals surface area contributed by atoms with Crippen molar-refractivity contribution in [3.8, 4) is 0 Å². The van der Waals surface area contributed by atoms with E-state index in [-0.39, 0.29) is 18.0 Å². The van der Waals surface area contributed by atoms with Crippen LogP contribution in [0.5, 0.6) is 0 Å². The number of amides is 1. The predicted octanol–water partition coefficient (Wildman–Crippen LogP) is 2.07. The fraction of sp³-hybridized carbons (Fsp3) is 0.615. The van der Waals surface area contributed by atoms with Gasteiger partial charge >= 0.3 is 0 Å². The van der Waals surface area contributed by atoms with Gasteiger partial charge in [0.25, 0.3) is 0 Å². The SMILES string of the molecule is CCCCN1C(=O)CCC(N)C1c1ccco1. The highest BCUT2D eigenvalue weighted by Crippen LogP contribution is 2.31. The normalized spacial score (nSPS) is 25.3. The van der Waals surface area contributed by atoms with Gasteiger partial charge in [-0.1, -0.05) is 13.3 Å². The van der Waals surface area contributed by atoms with E-state index >= 15 is 0 Å². The zero-order valence-corrected chi connectivity index (χ0v) is 10.3. The van der Waals surface area contributed by atoms with Crippen LogP contribution in [0.4, 0.5) is 0 Å². The fourth-order valence-electron chi connectivity index (χ4n) is 2.39. The second-order valence-corrected chi connectivity index (χ2v) is 4.60. The summed E-state index contributed by atoms with van der Waals surface area (Å²) >= 11 is 0. The third-order valence-corrected chi connectivity index (χ3v) is 3.34. The molecule has 0 saturated carbocycles. The van der Waals surface area contributed by atoms with Crippen LogP contribution in [0.25, 0.3) is 0 Å². The molecule has 2 heterocycles. The van der Waals surface area contributed by atoms with Crippen LogP contribution in [-0.4, -0.2) is 23.4 Å². The Morgan fingerprint density at radius 1 is 1.59 bits per heavy atom. The molecular weight excluding hydrogens is 216 g/mol. The highest BCUT2D eigenvalue weighted by atomic mass is 16.3. The molecule has 94 valence electrons. The lowest BCUT2D eigenvalue weighted by Crippen LogP contribution is -2.49. The Hall–Kier alpha value is -1.29. The predicted molar refractivity (Wildman–Crippen MR) is 65.3 cm³/mol. The fourth-order valence-corrected chi connectivity index (χ4v) is 2.39. The molecule has 0 spiro atoms. The molecule has 1 fully saturated rings. The van der Waals surface area contributed by atoms with Crippen molar-refractivity contribution < 1.29 is 9.21 Å². The van der Waals surface area contributed by atoms with Crippen molar-refractivity contribution in [2.45, 2.75) is 44.7 Å². The summed E-state index contributed by atoms with van der Waals surface area (Å²) in [6, 6.07) is 3.65. The summed E-state index contributed by atoms with van der Waals surface area (Å²) < 4.78 is 5.43. The molecule has 1 aliphatic heterocycles. The number of furan rings is 1. The van der Waals surface area contributed by atoms with Gasteiger partial charge in [0.2, 0.25) is 5.91 Å². The summed E-state index contributed by atoms with van der Waals surface area (Å²) in [5.41, 5.74) is 6.14. The maximum absolute atomic E-state index is 12.0. The summed E-state index contributed by atoms with van der Waals surface area (Å²) in [7, 11) is 0. The summed E-state index contributed by atoms with van der Waals surface area (Å²) in [4.78, 5) is 13.9. The highest BCUT2D eigenvalue weighted by molar-refractivity contribution is 5.77. The maximum atomic E-state index is 12.0. The van der Waals surface area contributed by atoms with E-state index in [1.165, 1.54) is 0 Å². The Kier molecular flexibility index (Phi) is 3.84. The van der Waals surface area contributed by atoms with Crippen LogP contribution in [0.2, 0.25) is 0 Å². The van der Waals surface area contributed by atoms with Gasteiger partial charge in [-0.05, 0) is 25.0 Å². The Morgan fingerprint density at radius 2 is 2.41 bits per heavy atom. The zero-order chi connectivity index (χ0) is 12.3. The number of likely N-dealkylation sites (tertiary alicyclic amines) is 1. The average Bonchev–Trinajstić information content (AvgIpc) is 2.83.